The lowest BCUT2D eigenvalue weighted by atomic mass is 10.2. The van der Waals surface area contributed by atoms with Crippen LogP contribution in [0.25, 0.3) is 6.08 Å². The lowest BCUT2D eigenvalue weighted by molar-refractivity contribution is -0.121. The molecule has 0 saturated carbocycles. The van der Waals surface area contributed by atoms with E-state index in [2.05, 4.69) is 20.9 Å². The number of nitrogens with zero attached hydrogens (tertiary/aromatic N) is 2. The fourth-order valence-electron chi connectivity index (χ4n) is 2.61. The Kier molecular flexibility index (Phi) is 6.76. The summed E-state index contributed by atoms with van der Waals surface area (Å²) < 4.78 is 11.2. The van der Waals surface area contributed by atoms with Gasteiger partial charge in [0.25, 0.3) is 5.91 Å². The summed E-state index contributed by atoms with van der Waals surface area (Å²) in [5, 5.41) is 0.555. The van der Waals surface area contributed by atoms with Gasteiger partial charge < -0.3 is 9.47 Å². The maximum atomic E-state index is 12.7. The Morgan fingerprint density at radius 3 is 2.62 bits per heavy atom. The number of ether oxygens (including phenoxy) is 2. The summed E-state index contributed by atoms with van der Waals surface area (Å²) in [7, 11) is 3.27. The van der Waals surface area contributed by atoms with Crippen LogP contribution in [-0.2, 0) is 9.53 Å². The predicted octanol–water partition coefficient (Wildman–Crippen LogP) is 4.87. The zero-order chi connectivity index (χ0) is 21.0. The molecule has 0 radical (unpaired) electrons. The highest BCUT2D eigenvalue weighted by atomic mass is 79.9. The first-order valence-corrected chi connectivity index (χ1v) is 10.4. The highest BCUT2D eigenvalue weighted by molar-refractivity contribution is 9.10. The molecule has 1 heterocycles. The molecule has 0 unspecified atom stereocenters. The van der Waals surface area contributed by atoms with E-state index in [0.717, 1.165) is 10.0 Å². The monoisotopic (exact) mass is 474 g/mol. The van der Waals surface area contributed by atoms with Crippen molar-refractivity contribution in [3.05, 3.63) is 63.0 Å². The summed E-state index contributed by atoms with van der Waals surface area (Å²) in [6.45, 7) is 2.08. The molecule has 1 aliphatic heterocycles. The molecule has 0 atom stereocenters. The minimum absolute atomic E-state index is 0.140. The molecule has 0 N–H and O–H groups in total. The van der Waals surface area contributed by atoms with Crippen LogP contribution in [-0.4, -0.2) is 42.7 Å². The summed E-state index contributed by atoms with van der Waals surface area (Å²) in [4.78, 5) is 31.0. The van der Waals surface area contributed by atoms with Gasteiger partial charge >= 0.3 is 5.97 Å². The quantitative estimate of drug-likeness (QED) is 0.456. The maximum Gasteiger partial charge on any atom is 0.338 e. The Balaban J connectivity index is 1.85. The van der Waals surface area contributed by atoms with E-state index in [1.807, 2.05) is 18.2 Å². The largest absolute Gasteiger partial charge is 0.496 e. The normalized spacial score (nSPS) is 16.6. The predicted molar refractivity (Wildman–Crippen MR) is 119 cm³/mol. The molecule has 29 heavy (non-hydrogen) atoms. The smallest absolute Gasteiger partial charge is 0.338 e. The van der Waals surface area contributed by atoms with Gasteiger partial charge in [0.05, 0.1) is 29.9 Å². The lowest BCUT2D eigenvalue weighted by Crippen LogP contribution is -2.23. The summed E-state index contributed by atoms with van der Waals surface area (Å²) in [6.07, 6.45) is 1.79. The molecule has 0 aromatic heterocycles. The molecule has 2 aromatic carbocycles. The van der Waals surface area contributed by atoms with Crippen LogP contribution >= 0.6 is 27.7 Å². The minimum Gasteiger partial charge on any atom is -0.496 e. The van der Waals surface area contributed by atoms with E-state index in [1.165, 1.54) is 16.7 Å². The number of rotatable bonds is 5. The van der Waals surface area contributed by atoms with Crippen LogP contribution in [0.3, 0.4) is 0 Å². The number of benzene rings is 2. The second kappa shape index (κ2) is 9.28. The first-order chi connectivity index (χ1) is 13.9. The number of likely N-dealkylation sites (N-methyl/N-ethyl adjacent to an activating group) is 1. The third-order valence-corrected chi connectivity index (χ3v) is 5.64. The molecular formula is C21H19BrN2O4S. The number of hydrogen-bond acceptors (Lipinski definition) is 6. The molecule has 1 amide bonds. The third-order valence-electron chi connectivity index (χ3n) is 4.09. The average molecular weight is 475 g/mol. The van der Waals surface area contributed by atoms with Crippen LogP contribution in [0.1, 0.15) is 22.8 Å². The van der Waals surface area contributed by atoms with Crippen molar-refractivity contribution in [2.45, 2.75) is 6.92 Å². The number of aliphatic imine (C=N–C) groups is 1. The molecule has 8 heteroatoms. The lowest BCUT2D eigenvalue weighted by Gasteiger charge is -2.07. The van der Waals surface area contributed by atoms with E-state index in [-0.39, 0.29) is 11.9 Å². The average Bonchev–Trinajstić information content (AvgIpc) is 2.97. The zero-order valence-corrected chi connectivity index (χ0v) is 18.5. The van der Waals surface area contributed by atoms with E-state index < -0.39 is 0 Å². The Labute approximate surface area is 181 Å². The topological polar surface area (TPSA) is 68.2 Å². The van der Waals surface area contributed by atoms with Gasteiger partial charge in [0, 0.05) is 17.1 Å². The maximum absolute atomic E-state index is 12.7. The van der Waals surface area contributed by atoms with E-state index in [4.69, 9.17) is 9.47 Å². The third kappa shape index (κ3) is 4.89. The van der Waals surface area contributed by atoms with Gasteiger partial charge in [-0.15, -0.1) is 0 Å². The first-order valence-electron chi connectivity index (χ1n) is 8.80. The van der Waals surface area contributed by atoms with Gasteiger partial charge in [0.15, 0.2) is 5.17 Å². The number of halogens is 1. The molecule has 6 nitrogen and oxygen atoms in total. The Morgan fingerprint density at radius 2 is 1.97 bits per heavy atom. The van der Waals surface area contributed by atoms with Crippen LogP contribution in [0.5, 0.6) is 5.75 Å². The Bertz CT molecular complexity index is 1000. The van der Waals surface area contributed by atoms with Crippen LogP contribution < -0.4 is 4.74 Å². The second-order valence-electron chi connectivity index (χ2n) is 6.02. The van der Waals surface area contributed by atoms with Gasteiger partial charge in [-0.3, -0.25) is 9.69 Å². The number of carbonyl (C=O) groups is 2. The van der Waals surface area contributed by atoms with Gasteiger partial charge in [0.1, 0.15) is 5.75 Å². The summed E-state index contributed by atoms with van der Waals surface area (Å²) in [6, 6.07) is 12.4. The Morgan fingerprint density at radius 1 is 1.24 bits per heavy atom. The molecule has 2 aromatic rings. The number of hydrogen-bond donors (Lipinski definition) is 0. The van der Waals surface area contributed by atoms with Crippen molar-refractivity contribution in [1.29, 1.82) is 0 Å². The molecule has 0 aliphatic carbocycles. The highest BCUT2D eigenvalue weighted by Crippen LogP contribution is 2.35. The number of carbonyl (C=O) groups excluding carboxylic acids is 2. The summed E-state index contributed by atoms with van der Waals surface area (Å²) in [5.74, 6) is 0.165. The molecule has 0 spiro atoms. The van der Waals surface area contributed by atoms with Crippen LogP contribution in [0, 0.1) is 0 Å². The standard InChI is InChI=1S/C21H19BrN2O4S/c1-4-28-20(26)13-5-8-16(9-6-13)23-21-24(2)19(25)18(29-21)12-14-11-15(22)7-10-17(14)27-3/h5-12H,4H2,1-3H3/b18-12-,23-21?. The van der Waals surface area contributed by atoms with Crippen molar-refractivity contribution in [1.82, 2.24) is 4.90 Å². The molecule has 0 bridgehead atoms. The second-order valence-corrected chi connectivity index (χ2v) is 7.95. The molecular weight excluding hydrogens is 456 g/mol. The SMILES string of the molecule is CCOC(=O)c1ccc(N=C2S/C(=C\c3cc(Br)ccc3OC)C(=O)N2C)cc1. The molecule has 1 aliphatic rings. The van der Waals surface area contributed by atoms with Crippen molar-refractivity contribution in [2.24, 2.45) is 4.99 Å². The molecule has 1 fully saturated rings. The molecule has 1 saturated heterocycles. The number of amidine groups is 1. The highest BCUT2D eigenvalue weighted by Gasteiger charge is 2.30. The van der Waals surface area contributed by atoms with Crippen LogP contribution in [0.4, 0.5) is 5.69 Å². The number of methoxy groups -OCH3 is 1. The molecule has 150 valence electrons. The number of thioether (sulfide) groups is 1. The fraction of sp³-hybridized carbons (Fsp3) is 0.190. The molecule has 3 rings (SSSR count). The zero-order valence-electron chi connectivity index (χ0n) is 16.1. The van der Waals surface area contributed by atoms with Crippen molar-refractivity contribution < 1.29 is 19.1 Å². The van der Waals surface area contributed by atoms with E-state index in [0.29, 0.717) is 33.7 Å². The van der Waals surface area contributed by atoms with Gasteiger partial charge in [0.2, 0.25) is 0 Å². The van der Waals surface area contributed by atoms with Crippen molar-refractivity contribution in [2.75, 3.05) is 20.8 Å². The van der Waals surface area contributed by atoms with Gasteiger partial charge in [-0.1, -0.05) is 15.9 Å². The van der Waals surface area contributed by atoms with Gasteiger partial charge in [-0.25, -0.2) is 9.79 Å². The van der Waals surface area contributed by atoms with E-state index >= 15 is 0 Å². The van der Waals surface area contributed by atoms with Gasteiger partial charge in [-0.05, 0) is 67.2 Å². The van der Waals surface area contributed by atoms with Crippen molar-refractivity contribution in [3.63, 3.8) is 0 Å². The van der Waals surface area contributed by atoms with Crippen LogP contribution in [0.2, 0.25) is 0 Å². The summed E-state index contributed by atoms with van der Waals surface area (Å²) in [5.41, 5.74) is 1.90. The Hall–Kier alpha value is -2.58. The number of amides is 1. The van der Waals surface area contributed by atoms with Gasteiger partial charge in [-0.2, -0.15) is 0 Å². The first kappa shape index (κ1) is 21.1. The van der Waals surface area contributed by atoms with E-state index in [9.17, 15) is 9.59 Å². The number of esters is 1. The minimum atomic E-state index is -0.373. The summed E-state index contributed by atoms with van der Waals surface area (Å²) >= 11 is 4.73. The van der Waals surface area contributed by atoms with E-state index in [1.54, 1.807) is 51.4 Å². The fourth-order valence-corrected chi connectivity index (χ4v) is 3.96. The van der Waals surface area contributed by atoms with Crippen LogP contribution in [0.15, 0.2) is 56.8 Å². The van der Waals surface area contributed by atoms with Crippen molar-refractivity contribution in [3.8, 4) is 5.75 Å². The van der Waals surface area contributed by atoms with Crippen molar-refractivity contribution >= 4 is 56.5 Å².